The molecule has 0 atom stereocenters. The standard InChI is InChI=1S/C16H15Cl2N3O/c17-11-4-5-14(13(18)8-11)21-15(10-2-3-10)12(9-19-21)16(22)20-6-1-7-20/h4-5,8-10H,1-3,6-7H2. The van der Waals surface area contributed by atoms with Gasteiger partial charge in [0, 0.05) is 24.0 Å². The van der Waals surface area contributed by atoms with Crippen molar-refractivity contribution in [3.8, 4) is 5.69 Å². The Morgan fingerprint density at radius 1 is 1.23 bits per heavy atom. The maximum Gasteiger partial charge on any atom is 0.257 e. The summed E-state index contributed by atoms with van der Waals surface area (Å²) in [5, 5.41) is 5.57. The topological polar surface area (TPSA) is 38.1 Å². The fourth-order valence-corrected chi connectivity index (χ4v) is 3.30. The molecule has 114 valence electrons. The van der Waals surface area contributed by atoms with Gasteiger partial charge in [0.2, 0.25) is 0 Å². The normalized spacial score (nSPS) is 17.5. The zero-order valence-electron chi connectivity index (χ0n) is 11.9. The molecule has 1 aromatic carbocycles. The molecule has 1 amide bonds. The molecule has 1 aliphatic heterocycles. The molecular formula is C16H15Cl2N3O. The van der Waals surface area contributed by atoms with Crippen LogP contribution < -0.4 is 0 Å². The fourth-order valence-electron chi connectivity index (χ4n) is 2.81. The van der Waals surface area contributed by atoms with Crippen molar-refractivity contribution in [1.29, 1.82) is 0 Å². The summed E-state index contributed by atoms with van der Waals surface area (Å²) in [5.74, 6) is 0.485. The van der Waals surface area contributed by atoms with Gasteiger partial charge in [-0.1, -0.05) is 23.2 Å². The lowest BCUT2D eigenvalue weighted by Crippen LogP contribution is -2.42. The summed E-state index contributed by atoms with van der Waals surface area (Å²) in [7, 11) is 0. The molecule has 0 N–H and O–H groups in total. The zero-order valence-corrected chi connectivity index (χ0v) is 13.4. The highest BCUT2D eigenvalue weighted by atomic mass is 35.5. The molecule has 1 aromatic heterocycles. The Bertz CT molecular complexity index is 748. The van der Waals surface area contributed by atoms with Crippen LogP contribution in [-0.4, -0.2) is 33.7 Å². The Morgan fingerprint density at radius 2 is 2.00 bits per heavy atom. The maximum atomic E-state index is 12.6. The van der Waals surface area contributed by atoms with Gasteiger partial charge in [-0.3, -0.25) is 4.79 Å². The third-order valence-corrected chi connectivity index (χ3v) is 4.82. The summed E-state index contributed by atoms with van der Waals surface area (Å²) in [5.41, 5.74) is 2.48. The Kier molecular flexibility index (Phi) is 3.39. The van der Waals surface area contributed by atoms with Crippen LogP contribution in [0.3, 0.4) is 0 Å². The molecule has 1 aliphatic carbocycles. The van der Waals surface area contributed by atoms with Crippen molar-refractivity contribution in [3.63, 3.8) is 0 Å². The van der Waals surface area contributed by atoms with Gasteiger partial charge < -0.3 is 4.90 Å². The highest BCUT2D eigenvalue weighted by Gasteiger charge is 2.35. The Hall–Kier alpha value is -1.52. The number of likely N-dealkylation sites (tertiary alicyclic amines) is 1. The summed E-state index contributed by atoms with van der Waals surface area (Å²) < 4.78 is 1.81. The van der Waals surface area contributed by atoms with Crippen molar-refractivity contribution in [1.82, 2.24) is 14.7 Å². The second kappa shape index (κ2) is 5.28. The molecule has 0 radical (unpaired) electrons. The first-order valence-electron chi connectivity index (χ1n) is 7.48. The SMILES string of the molecule is O=C(c1cnn(-c2ccc(Cl)cc2Cl)c1C1CC1)N1CCC1. The molecule has 2 fully saturated rings. The van der Waals surface area contributed by atoms with Gasteiger partial charge in [-0.25, -0.2) is 4.68 Å². The molecule has 1 saturated carbocycles. The molecule has 4 rings (SSSR count). The molecule has 0 bridgehead atoms. The summed E-state index contributed by atoms with van der Waals surface area (Å²) in [4.78, 5) is 14.5. The first-order valence-corrected chi connectivity index (χ1v) is 8.23. The van der Waals surface area contributed by atoms with E-state index in [2.05, 4.69) is 5.10 Å². The molecular weight excluding hydrogens is 321 g/mol. The van der Waals surface area contributed by atoms with Crippen molar-refractivity contribution in [2.75, 3.05) is 13.1 Å². The van der Waals surface area contributed by atoms with E-state index in [1.807, 2.05) is 15.6 Å². The third-order valence-electron chi connectivity index (χ3n) is 4.28. The van der Waals surface area contributed by atoms with Crippen LogP contribution in [0.4, 0.5) is 0 Å². The van der Waals surface area contributed by atoms with Gasteiger partial charge in [-0.15, -0.1) is 0 Å². The number of benzene rings is 1. The van der Waals surface area contributed by atoms with Gasteiger partial charge in [-0.05, 0) is 37.5 Å². The molecule has 0 unspecified atom stereocenters. The first-order chi connectivity index (χ1) is 10.6. The summed E-state index contributed by atoms with van der Waals surface area (Å²) in [6, 6.07) is 5.34. The molecule has 2 heterocycles. The van der Waals surface area contributed by atoms with Crippen LogP contribution in [-0.2, 0) is 0 Å². The lowest BCUT2D eigenvalue weighted by Gasteiger charge is -2.30. The average Bonchev–Trinajstić information content (AvgIpc) is 3.16. The van der Waals surface area contributed by atoms with E-state index in [0.29, 0.717) is 21.5 Å². The average molecular weight is 336 g/mol. The molecule has 6 heteroatoms. The lowest BCUT2D eigenvalue weighted by atomic mass is 10.1. The minimum atomic E-state index is 0.0875. The predicted octanol–water partition coefficient (Wildman–Crippen LogP) is 3.90. The van der Waals surface area contributed by atoms with Crippen LogP contribution in [0, 0.1) is 0 Å². The van der Waals surface area contributed by atoms with Crippen molar-refractivity contribution in [3.05, 3.63) is 45.7 Å². The quantitative estimate of drug-likeness (QED) is 0.853. The van der Waals surface area contributed by atoms with E-state index in [1.165, 1.54) is 0 Å². The number of carbonyl (C=O) groups is 1. The number of carbonyl (C=O) groups excluding carboxylic acids is 1. The van der Waals surface area contributed by atoms with Gasteiger partial charge in [0.25, 0.3) is 5.91 Å². The monoisotopic (exact) mass is 335 g/mol. The Balaban J connectivity index is 1.79. The van der Waals surface area contributed by atoms with E-state index in [1.54, 1.807) is 18.3 Å². The molecule has 4 nitrogen and oxygen atoms in total. The number of hydrogen-bond acceptors (Lipinski definition) is 2. The number of nitrogens with zero attached hydrogens (tertiary/aromatic N) is 3. The largest absolute Gasteiger partial charge is 0.338 e. The number of aromatic nitrogens is 2. The number of amides is 1. The van der Waals surface area contributed by atoms with Gasteiger partial charge in [0.15, 0.2) is 0 Å². The number of halogens is 2. The van der Waals surface area contributed by atoms with E-state index in [-0.39, 0.29) is 5.91 Å². The number of rotatable bonds is 3. The summed E-state index contributed by atoms with van der Waals surface area (Å²) in [6.07, 6.45) is 4.95. The van der Waals surface area contributed by atoms with Crippen LogP contribution in [0.25, 0.3) is 5.69 Å². The van der Waals surface area contributed by atoms with Crippen molar-refractivity contribution in [2.45, 2.75) is 25.2 Å². The third kappa shape index (κ3) is 2.31. The summed E-state index contributed by atoms with van der Waals surface area (Å²) in [6.45, 7) is 1.69. The van der Waals surface area contributed by atoms with Crippen LogP contribution in [0.1, 0.15) is 41.2 Å². The number of hydrogen-bond donors (Lipinski definition) is 0. The highest BCUT2D eigenvalue weighted by Crippen LogP contribution is 2.43. The lowest BCUT2D eigenvalue weighted by molar-refractivity contribution is 0.0650. The van der Waals surface area contributed by atoms with E-state index in [4.69, 9.17) is 23.2 Å². The minimum Gasteiger partial charge on any atom is -0.338 e. The maximum absolute atomic E-state index is 12.6. The van der Waals surface area contributed by atoms with Crippen molar-refractivity contribution >= 4 is 29.1 Å². The van der Waals surface area contributed by atoms with E-state index >= 15 is 0 Å². The highest BCUT2D eigenvalue weighted by molar-refractivity contribution is 6.35. The van der Waals surface area contributed by atoms with E-state index in [0.717, 1.165) is 43.7 Å². The van der Waals surface area contributed by atoms with Crippen LogP contribution in [0.5, 0.6) is 0 Å². The van der Waals surface area contributed by atoms with Crippen LogP contribution in [0.2, 0.25) is 10.0 Å². The Labute approximate surface area is 138 Å². The van der Waals surface area contributed by atoms with Gasteiger partial charge in [0.05, 0.1) is 28.2 Å². The van der Waals surface area contributed by atoms with Crippen LogP contribution >= 0.6 is 23.2 Å². The van der Waals surface area contributed by atoms with E-state index in [9.17, 15) is 4.79 Å². The smallest absolute Gasteiger partial charge is 0.257 e. The first kappa shape index (κ1) is 14.1. The van der Waals surface area contributed by atoms with E-state index < -0.39 is 0 Å². The second-order valence-corrected chi connectivity index (χ2v) is 6.71. The predicted molar refractivity (Wildman–Crippen MR) is 86.1 cm³/mol. The molecule has 1 saturated heterocycles. The molecule has 2 aliphatic rings. The Morgan fingerprint density at radius 3 is 2.59 bits per heavy atom. The fraction of sp³-hybridized carbons (Fsp3) is 0.375. The van der Waals surface area contributed by atoms with Crippen molar-refractivity contribution in [2.24, 2.45) is 0 Å². The van der Waals surface area contributed by atoms with Gasteiger partial charge >= 0.3 is 0 Å². The second-order valence-electron chi connectivity index (χ2n) is 5.87. The zero-order chi connectivity index (χ0) is 15.3. The van der Waals surface area contributed by atoms with Gasteiger partial charge in [-0.2, -0.15) is 5.10 Å². The summed E-state index contributed by atoms with van der Waals surface area (Å²) >= 11 is 12.3. The van der Waals surface area contributed by atoms with Crippen LogP contribution in [0.15, 0.2) is 24.4 Å². The minimum absolute atomic E-state index is 0.0875. The molecule has 2 aromatic rings. The molecule has 0 spiro atoms. The van der Waals surface area contributed by atoms with Gasteiger partial charge in [0.1, 0.15) is 0 Å². The van der Waals surface area contributed by atoms with Crippen molar-refractivity contribution < 1.29 is 4.79 Å². The molecule has 22 heavy (non-hydrogen) atoms.